The fraction of sp³-hybridized carbons (Fsp3) is 0.429. The summed E-state index contributed by atoms with van der Waals surface area (Å²) < 4.78 is 11.7. The molecule has 1 aliphatic heterocycles. The molecule has 3 rings (SSSR count). The van der Waals surface area contributed by atoms with Crippen molar-refractivity contribution in [2.45, 2.75) is 12.1 Å². The van der Waals surface area contributed by atoms with Crippen LogP contribution in [0.4, 0.5) is 0 Å². The van der Waals surface area contributed by atoms with E-state index in [-0.39, 0.29) is 12.1 Å². The van der Waals surface area contributed by atoms with Gasteiger partial charge in [0.05, 0.1) is 12.7 Å². The summed E-state index contributed by atoms with van der Waals surface area (Å²) in [6, 6.07) is 7.34. The molecular weight excluding hydrogens is 278 g/mol. The summed E-state index contributed by atoms with van der Waals surface area (Å²) in [5.41, 5.74) is 3.61. The third-order valence-electron chi connectivity index (χ3n) is 3.65. The number of furan rings is 1. The first-order chi connectivity index (χ1) is 9.67. The van der Waals surface area contributed by atoms with Crippen LogP contribution in [0.1, 0.15) is 11.8 Å². The van der Waals surface area contributed by atoms with Crippen LogP contribution in [0, 0.1) is 0 Å². The molecule has 5 nitrogen and oxygen atoms in total. The minimum Gasteiger partial charge on any atom is -0.459 e. The zero-order valence-corrected chi connectivity index (χ0v) is 12.1. The number of fused-ring (bicyclic) bond motifs is 1. The Balaban J connectivity index is 1.90. The molecule has 0 amide bonds. The van der Waals surface area contributed by atoms with Gasteiger partial charge < -0.3 is 14.1 Å². The number of nitrogens with one attached hydrogen (secondary N) is 1. The van der Waals surface area contributed by atoms with Gasteiger partial charge in [-0.1, -0.05) is 11.6 Å². The van der Waals surface area contributed by atoms with E-state index < -0.39 is 0 Å². The standard InChI is InChI=1S/C14H18ClN3O2/c1-18-4-5-19-13(8-18)14(17-16)12-7-9-6-10(15)2-3-11(9)20-12/h2-3,6-7,13-14,17H,4-5,8,16H2,1H3. The fourth-order valence-electron chi connectivity index (χ4n) is 2.57. The zero-order chi connectivity index (χ0) is 14.1. The van der Waals surface area contributed by atoms with Crippen molar-refractivity contribution in [3.63, 3.8) is 0 Å². The van der Waals surface area contributed by atoms with E-state index in [1.54, 1.807) is 0 Å². The Morgan fingerprint density at radius 2 is 2.30 bits per heavy atom. The normalized spacial score (nSPS) is 22.2. The molecule has 1 saturated heterocycles. The third kappa shape index (κ3) is 2.68. The number of morpholine rings is 1. The lowest BCUT2D eigenvalue weighted by atomic mass is 10.1. The predicted molar refractivity (Wildman–Crippen MR) is 78.5 cm³/mol. The first-order valence-corrected chi connectivity index (χ1v) is 7.00. The van der Waals surface area contributed by atoms with Crippen LogP contribution in [0.5, 0.6) is 0 Å². The lowest BCUT2D eigenvalue weighted by molar-refractivity contribution is -0.0425. The van der Waals surface area contributed by atoms with E-state index in [1.165, 1.54) is 0 Å². The van der Waals surface area contributed by atoms with Gasteiger partial charge in [-0.15, -0.1) is 0 Å². The molecule has 0 saturated carbocycles. The molecule has 0 spiro atoms. The second kappa shape index (κ2) is 5.71. The number of hydrogen-bond donors (Lipinski definition) is 2. The van der Waals surface area contributed by atoms with Crippen molar-refractivity contribution in [2.75, 3.05) is 26.7 Å². The zero-order valence-electron chi connectivity index (χ0n) is 11.3. The van der Waals surface area contributed by atoms with Gasteiger partial charge in [-0.2, -0.15) is 0 Å². The molecule has 2 unspecified atom stereocenters. The summed E-state index contributed by atoms with van der Waals surface area (Å²) in [4.78, 5) is 2.22. The second-order valence-electron chi connectivity index (χ2n) is 5.15. The number of nitrogens with two attached hydrogens (primary N) is 1. The largest absolute Gasteiger partial charge is 0.459 e. The van der Waals surface area contributed by atoms with Crippen molar-refractivity contribution in [3.8, 4) is 0 Å². The molecule has 1 aromatic carbocycles. The molecule has 6 heteroatoms. The summed E-state index contributed by atoms with van der Waals surface area (Å²) in [5.74, 6) is 6.47. The highest BCUT2D eigenvalue weighted by Gasteiger charge is 2.29. The van der Waals surface area contributed by atoms with E-state index in [2.05, 4.69) is 17.4 Å². The average molecular weight is 296 g/mol. The van der Waals surface area contributed by atoms with Crippen LogP contribution in [-0.2, 0) is 4.74 Å². The number of hydrazine groups is 1. The fourth-order valence-corrected chi connectivity index (χ4v) is 2.75. The maximum absolute atomic E-state index is 6.00. The summed E-state index contributed by atoms with van der Waals surface area (Å²) >= 11 is 6.00. The van der Waals surface area contributed by atoms with E-state index in [4.69, 9.17) is 26.6 Å². The molecule has 108 valence electrons. The summed E-state index contributed by atoms with van der Waals surface area (Å²) in [6.07, 6.45) is -0.0326. The van der Waals surface area contributed by atoms with Gasteiger partial charge in [0.15, 0.2) is 0 Å². The number of likely N-dealkylation sites (N-methyl/N-ethyl adjacent to an activating group) is 1. The Hall–Kier alpha value is -1.11. The van der Waals surface area contributed by atoms with Gasteiger partial charge in [-0.05, 0) is 31.3 Å². The lowest BCUT2D eigenvalue weighted by Gasteiger charge is -2.33. The van der Waals surface area contributed by atoms with Crippen molar-refractivity contribution in [3.05, 3.63) is 35.0 Å². The SMILES string of the molecule is CN1CCOC(C(NN)c2cc3cc(Cl)ccc3o2)C1. The molecule has 3 N–H and O–H groups in total. The van der Waals surface area contributed by atoms with Crippen LogP contribution in [0.15, 0.2) is 28.7 Å². The first-order valence-electron chi connectivity index (χ1n) is 6.62. The molecule has 2 aromatic rings. The molecule has 0 bridgehead atoms. The number of rotatable bonds is 3. The molecule has 2 atom stereocenters. The van der Waals surface area contributed by atoms with Gasteiger partial charge in [0, 0.05) is 23.5 Å². The van der Waals surface area contributed by atoms with Crippen LogP contribution >= 0.6 is 11.6 Å². The Bertz CT molecular complexity index is 601. The van der Waals surface area contributed by atoms with Crippen molar-refractivity contribution >= 4 is 22.6 Å². The quantitative estimate of drug-likeness (QED) is 0.669. The Labute approximate surface area is 122 Å². The average Bonchev–Trinajstić information content (AvgIpc) is 2.82. The number of halogens is 1. The maximum Gasteiger partial charge on any atom is 0.134 e. The van der Waals surface area contributed by atoms with Crippen molar-refractivity contribution in [1.82, 2.24) is 10.3 Å². The van der Waals surface area contributed by atoms with Crippen molar-refractivity contribution in [1.29, 1.82) is 0 Å². The smallest absolute Gasteiger partial charge is 0.134 e. The van der Waals surface area contributed by atoms with Crippen LogP contribution < -0.4 is 11.3 Å². The number of nitrogens with zero attached hydrogens (tertiary/aromatic N) is 1. The van der Waals surface area contributed by atoms with Crippen LogP contribution in [-0.4, -0.2) is 37.7 Å². The molecule has 1 aliphatic rings. The van der Waals surface area contributed by atoms with Gasteiger partial charge in [-0.3, -0.25) is 5.84 Å². The van der Waals surface area contributed by atoms with Gasteiger partial charge in [0.2, 0.25) is 0 Å². The van der Waals surface area contributed by atoms with Crippen molar-refractivity contribution < 1.29 is 9.15 Å². The van der Waals surface area contributed by atoms with E-state index in [9.17, 15) is 0 Å². The lowest BCUT2D eigenvalue weighted by Crippen LogP contribution is -2.48. The third-order valence-corrected chi connectivity index (χ3v) is 3.89. The second-order valence-corrected chi connectivity index (χ2v) is 5.58. The molecule has 0 radical (unpaired) electrons. The Morgan fingerprint density at radius 1 is 1.45 bits per heavy atom. The highest BCUT2D eigenvalue weighted by molar-refractivity contribution is 6.31. The minimum absolute atomic E-state index is 0.0326. The molecule has 1 fully saturated rings. The topological polar surface area (TPSA) is 63.7 Å². The molecule has 1 aromatic heterocycles. The van der Waals surface area contributed by atoms with Crippen LogP contribution in [0.2, 0.25) is 5.02 Å². The van der Waals surface area contributed by atoms with Gasteiger partial charge in [0.25, 0.3) is 0 Å². The number of benzene rings is 1. The van der Waals surface area contributed by atoms with E-state index >= 15 is 0 Å². The van der Waals surface area contributed by atoms with E-state index in [0.717, 1.165) is 29.8 Å². The van der Waals surface area contributed by atoms with Gasteiger partial charge in [-0.25, -0.2) is 5.43 Å². The van der Waals surface area contributed by atoms with Crippen LogP contribution in [0.3, 0.4) is 0 Å². The number of ether oxygens (including phenoxy) is 1. The van der Waals surface area contributed by atoms with Gasteiger partial charge in [0.1, 0.15) is 17.4 Å². The molecule has 0 aliphatic carbocycles. The van der Waals surface area contributed by atoms with E-state index in [1.807, 2.05) is 24.3 Å². The highest BCUT2D eigenvalue weighted by atomic mass is 35.5. The maximum atomic E-state index is 6.00. The number of hydrogen-bond acceptors (Lipinski definition) is 5. The Kier molecular flexibility index (Phi) is 3.96. The summed E-state index contributed by atoms with van der Waals surface area (Å²) in [5, 5.41) is 1.66. The highest BCUT2D eigenvalue weighted by Crippen LogP contribution is 2.29. The first kappa shape index (κ1) is 13.9. The Morgan fingerprint density at radius 3 is 3.05 bits per heavy atom. The van der Waals surface area contributed by atoms with Crippen LogP contribution in [0.25, 0.3) is 11.0 Å². The van der Waals surface area contributed by atoms with Gasteiger partial charge >= 0.3 is 0 Å². The predicted octanol–water partition coefficient (Wildman–Crippen LogP) is 1.92. The minimum atomic E-state index is -0.177. The molecular formula is C14H18ClN3O2. The van der Waals surface area contributed by atoms with Crippen molar-refractivity contribution in [2.24, 2.45) is 5.84 Å². The summed E-state index contributed by atoms with van der Waals surface area (Å²) in [6.45, 7) is 2.45. The summed E-state index contributed by atoms with van der Waals surface area (Å²) in [7, 11) is 2.07. The monoisotopic (exact) mass is 295 g/mol. The molecule has 20 heavy (non-hydrogen) atoms. The van der Waals surface area contributed by atoms with E-state index in [0.29, 0.717) is 11.6 Å². The molecule has 2 heterocycles.